The van der Waals surface area contributed by atoms with Crippen LogP contribution in [0.25, 0.3) is 0 Å². The monoisotopic (exact) mass is 335 g/mol. The van der Waals surface area contributed by atoms with Crippen LogP contribution < -0.4 is 0 Å². The smallest absolute Gasteiger partial charge is 0.184 e. The van der Waals surface area contributed by atoms with Crippen molar-refractivity contribution in [3.05, 3.63) is 69.7 Å². The summed E-state index contributed by atoms with van der Waals surface area (Å²) in [4.78, 5) is 12.3. The highest BCUT2D eigenvalue weighted by atomic mass is 79.9. The highest BCUT2D eigenvalue weighted by Gasteiger charge is 2.23. The molecule has 0 amide bonds. The topological polar surface area (TPSA) is 40.9 Å². The number of nitrogens with zero attached hydrogens (tertiary/aromatic N) is 1. The van der Waals surface area contributed by atoms with Gasteiger partial charge in [-0.2, -0.15) is 5.26 Å². The Morgan fingerprint density at radius 3 is 2.35 bits per heavy atom. The van der Waals surface area contributed by atoms with E-state index in [1.54, 1.807) is 30.3 Å². The lowest BCUT2D eigenvalue weighted by Gasteiger charge is -2.09. The van der Waals surface area contributed by atoms with Gasteiger partial charge in [-0.15, -0.1) is 0 Å². The number of benzene rings is 2. The number of carbonyl (C=O) groups excluding carboxylic acids is 1. The first-order chi connectivity index (χ1) is 9.51. The van der Waals surface area contributed by atoms with Gasteiger partial charge in [0.25, 0.3) is 0 Å². The van der Waals surface area contributed by atoms with Crippen LogP contribution in [0.3, 0.4) is 0 Å². The third kappa shape index (κ3) is 3.09. The molecule has 0 bridgehead atoms. The second-order valence-electron chi connectivity index (χ2n) is 4.14. The fraction of sp³-hybridized carbons (Fsp3) is 0.0667. The van der Waals surface area contributed by atoms with Crippen LogP contribution in [0.15, 0.2) is 46.9 Å². The molecular formula is C15H8BrF2NO. The molecule has 0 fully saturated rings. The largest absolute Gasteiger partial charge is 0.292 e. The Kier molecular flexibility index (Phi) is 4.26. The number of carbonyl (C=O) groups is 1. The number of nitriles is 1. The standard InChI is InChI=1S/C15H8BrF2NO/c16-11-3-1-2-9(4-11)15(20)14(8-19)10-5-12(17)7-13(18)6-10/h1-7,14H. The van der Waals surface area contributed by atoms with E-state index in [2.05, 4.69) is 15.9 Å². The zero-order valence-electron chi connectivity index (χ0n) is 10.1. The molecule has 0 spiro atoms. The average molecular weight is 336 g/mol. The minimum atomic E-state index is -1.24. The molecule has 0 radical (unpaired) electrons. The lowest BCUT2D eigenvalue weighted by molar-refractivity contribution is 0.0978. The maximum atomic E-state index is 13.2. The summed E-state index contributed by atoms with van der Waals surface area (Å²) in [5.74, 6) is -3.38. The zero-order valence-corrected chi connectivity index (χ0v) is 11.7. The minimum absolute atomic E-state index is 0.00924. The Morgan fingerprint density at radius 1 is 1.15 bits per heavy atom. The van der Waals surface area contributed by atoms with Crippen LogP contribution in [0.1, 0.15) is 21.8 Å². The lowest BCUT2D eigenvalue weighted by atomic mass is 9.92. The summed E-state index contributed by atoms with van der Waals surface area (Å²) in [5.41, 5.74) is 0.311. The van der Waals surface area contributed by atoms with Gasteiger partial charge in [-0.1, -0.05) is 28.1 Å². The summed E-state index contributed by atoms with van der Waals surface area (Å²) < 4.78 is 27.1. The van der Waals surface area contributed by atoms with Crippen molar-refractivity contribution in [1.29, 1.82) is 5.26 Å². The molecule has 0 N–H and O–H groups in total. The van der Waals surface area contributed by atoms with Gasteiger partial charge in [0.2, 0.25) is 0 Å². The normalized spacial score (nSPS) is 11.7. The molecule has 100 valence electrons. The molecule has 0 aliphatic rings. The second kappa shape index (κ2) is 5.93. The molecule has 0 aromatic heterocycles. The van der Waals surface area contributed by atoms with E-state index < -0.39 is 23.3 Å². The van der Waals surface area contributed by atoms with Gasteiger partial charge in [-0.05, 0) is 29.8 Å². The van der Waals surface area contributed by atoms with E-state index in [0.29, 0.717) is 16.1 Å². The van der Waals surface area contributed by atoms with E-state index in [1.165, 1.54) is 0 Å². The van der Waals surface area contributed by atoms with Crippen molar-refractivity contribution in [2.45, 2.75) is 5.92 Å². The number of Topliss-reactive ketones (excluding diaryl/α,β-unsaturated/α-hetero) is 1. The van der Waals surface area contributed by atoms with Crippen LogP contribution in [-0.2, 0) is 0 Å². The maximum absolute atomic E-state index is 13.2. The van der Waals surface area contributed by atoms with Crippen LogP contribution in [-0.4, -0.2) is 5.78 Å². The van der Waals surface area contributed by atoms with Crippen LogP contribution in [0.2, 0.25) is 0 Å². The fourth-order valence-corrected chi connectivity index (χ4v) is 2.23. The molecule has 0 saturated heterocycles. The SMILES string of the molecule is N#CC(C(=O)c1cccc(Br)c1)c1cc(F)cc(F)c1. The van der Waals surface area contributed by atoms with Gasteiger partial charge in [0.1, 0.15) is 17.6 Å². The van der Waals surface area contributed by atoms with Gasteiger partial charge in [0.15, 0.2) is 5.78 Å². The quantitative estimate of drug-likeness (QED) is 0.788. The molecule has 1 atom stereocenters. The highest BCUT2D eigenvalue weighted by Crippen LogP contribution is 2.23. The summed E-state index contributed by atoms with van der Waals surface area (Å²) in [6.45, 7) is 0. The first-order valence-corrected chi connectivity index (χ1v) is 6.46. The molecule has 1 unspecified atom stereocenters. The van der Waals surface area contributed by atoms with Gasteiger partial charge >= 0.3 is 0 Å². The van der Waals surface area contributed by atoms with Gasteiger partial charge in [-0.25, -0.2) is 8.78 Å². The van der Waals surface area contributed by atoms with Crippen LogP contribution >= 0.6 is 15.9 Å². The van der Waals surface area contributed by atoms with Crippen molar-refractivity contribution >= 4 is 21.7 Å². The molecule has 2 aromatic carbocycles. The molecular weight excluding hydrogens is 328 g/mol. The van der Waals surface area contributed by atoms with Crippen molar-refractivity contribution in [1.82, 2.24) is 0 Å². The molecule has 5 heteroatoms. The van der Waals surface area contributed by atoms with Crippen molar-refractivity contribution < 1.29 is 13.6 Å². The van der Waals surface area contributed by atoms with E-state index in [4.69, 9.17) is 5.26 Å². The molecule has 0 saturated carbocycles. The van der Waals surface area contributed by atoms with Crippen molar-refractivity contribution in [3.8, 4) is 6.07 Å². The Labute approximate surface area is 122 Å². The maximum Gasteiger partial charge on any atom is 0.184 e. The van der Waals surface area contributed by atoms with E-state index in [0.717, 1.165) is 12.1 Å². The van der Waals surface area contributed by atoms with Gasteiger partial charge in [0.05, 0.1) is 6.07 Å². The van der Waals surface area contributed by atoms with E-state index in [1.807, 2.05) is 0 Å². The predicted octanol–water partition coefficient (Wildman–Crippen LogP) is 4.22. The minimum Gasteiger partial charge on any atom is -0.292 e. The summed E-state index contributed by atoms with van der Waals surface area (Å²) in [6, 6.07) is 11.0. The number of halogens is 3. The summed E-state index contributed by atoms with van der Waals surface area (Å²) >= 11 is 3.23. The first-order valence-electron chi connectivity index (χ1n) is 5.66. The Bertz CT molecular complexity index is 689. The fourth-order valence-electron chi connectivity index (χ4n) is 1.83. The first kappa shape index (κ1) is 14.4. The Morgan fingerprint density at radius 2 is 1.80 bits per heavy atom. The molecule has 0 aliphatic carbocycles. The third-order valence-corrected chi connectivity index (χ3v) is 3.21. The second-order valence-corrected chi connectivity index (χ2v) is 5.06. The third-order valence-electron chi connectivity index (χ3n) is 2.72. The molecule has 2 rings (SSSR count). The van der Waals surface area contributed by atoms with Crippen LogP contribution in [0.5, 0.6) is 0 Å². The van der Waals surface area contributed by atoms with Gasteiger partial charge < -0.3 is 0 Å². The zero-order chi connectivity index (χ0) is 14.7. The van der Waals surface area contributed by atoms with Crippen LogP contribution in [0.4, 0.5) is 8.78 Å². The molecule has 20 heavy (non-hydrogen) atoms. The average Bonchev–Trinajstić information content (AvgIpc) is 2.38. The van der Waals surface area contributed by atoms with Gasteiger partial charge in [-0.3, -0.25) is 4.79 Å². The van der Waals surface area contributed by atoms with Crippen molar-refractivity contribution in [2.75, 3.05) is 0 Å². The molecule has 2 aromatic rings. The summed E-state index contributed by atoms with van der Waals surface area (Å²) in [6.07, 6.45) is 0. The Hall–Kier alpha value is -2.06. The number of hydrogen-bond acceptors (Lipinski definition) is 2. The van der Waals surface area contributed by atoms with E-state index in [9.17, 15) is 13.6 Å². The lowest BCUT2D eigenvalue weighted by Crippen LogP contribution is -2.12. The highest BCUT2D eigenvalue weighted by molar-refractivity contribution is 9.10. The van der Waals surface area contributed by atoms with Crippen LogP contribution in [0, 0.1) is 23.0 Å². The van der Waals surface area contributed by atoms with E-state index >= 15 is 0 Å². The number of hydrogen-bond donors (Lipinski definition) is 0. The summed E-state index contributed by atoms with van der Waals surface area (Å²) in [7, 11) is 0. The van der Waals surface area contributed by atoms with Gasteiger partial charge in [0, 0.05) is 16.1 Å². The molecule has 2 nitrogen and oxygen atoms in total. The molecule has 0 heterocycles. The number of rotatable bonds is 3. The van der Waals surface area contributed by atoms with E-state index in [-0.39, 0.29) is 5.56 Å². The summed E-state index contributed by atoms with van der Waals surface area (Å²) in [5, 5.41) is 9.13. The Balaban J connectivity index is 2.42. The predicted molar refractivity (Wildman–Crippen MR) is 73.2 cm³/mol. The van der Waals surface area contributed by atoms with Crippen molar-refractivity contribution in [2.24, 2.45) is 0 Å². The van der Waals surface area contributed by atoms with Crippen molar-refractivity contribution in [3.63, 3.8) is 0 Å². The number of ketones is 1. The molecule has 0 aliphatic heterocycles.